The minimum absolute atomic E-state index is 0.588. The summed E-state index contributed by atoms with van der Waals surface area (Å²) >= 11 is 0. The molecule has 0 rings (SSSR count). The molecule has 0 heterocycles. The van der Waals surface area contributed by atoms with Gasteiger partial charge in [0.05, 0.1) is 7.17 Å². The molecule has 0 bridgehead atoms. The van der Waals surface area contributed by atoms with Crippen molar-refractivity contribution < 1.29 is 0 Å². The van der Waals surface area contributed by atoms with Crippen LogP contribution >= 0.6 is 0 Å². The average molecular weight is 78.7 g/mol. The summed E-state index contributed by atoms with van der Waals surface area (Å²) in [4.78, 5) is 0. The molecule has 0 aromatic carbocycles. The van der Waals surface area contributed by atoms with E-state index in [0.717, 1.165) is 6.42 Å². The first-order valence-electron chi connectivity index (χ1n) is 2.36. The smallest absolute Gasteiger partial charge is 0.0583 e. The summed E-state index contributed by atoms with van der Waals surface area (Å²) in [5, 5.41) is 0. The fraction of sp³-hybridized carbons (Fsp3) is 1.00. The van der Waals surface area contributed by atoms with Crippen molar-refractivity contribution in [3.63, 3.8) is 0 Å². The van der Waals surface area contributed by atoms with E-state index in [0.29, 0.717) is 5.82 Å². The molecule has 6 heavy (non-hydrogen) atoms. The first-order valence-corrected chi connectivity index (χ1v) is 2.36. The van der Waals surface area contributed by atoms with E-state index in [2.05, 4.69) is 13.8 Å². The summed E-state index contributed by atoms with van der Waals surface area (Å²) in [6, 6.07) is 0. The Hall–Kier alpha value is 0.130. The second-order valence-corrected chi connectivity index (χ2v) is 1.58. The number of hydrogen-bond donors (Lipinski definition) is 0. The lowest BCUT2D eigenvalue weighted by atomic mass is 9.47. The number of hydrogen-bond acceptors (Lipinski definition) is 0. The fourth-order valence-electron chi connectivity index (χ4n) is 0.136. The fourth-order valence-corrected chi connectivity index (χ4v) is 0.136. The standard InChI is InChI=1S/C4H9B2/c1-3-4(2)6-5/h4H,3H2,1-2H3/t4-/m0/s1. The van der Waals surface area contributed by atoms with Crippen molar-refractivity contribution >= 4 is 14.9 Å². The second-order valence-electron chi connectivity index (χ2n) is 1.58. The van der Waals surface area contributed by atoms with Crippen LogP contribution < -0.4 is 0 Å². The highest BCUT2D eigenvalue weighted by Gasteiger charge is 1.89. The molecule has 0 amide bonds. The highest BCUT2D eigenvalue weighted by molar-refractivity contribution is 6.90. The highest BCUT2D eigenvalue weighted by Crippen LogP contribution is 2.01. The molecule has 0 unspecified atom stereocenters. The first-order chi connectivity index (χ1) is 2.81. The van der Waals surface area contributed by atoms with Gasteiger partial charge in [-0.2, -0.15) is 0 Å². The van der Waals surface area contributed by atoms with Crippen LogP contribution in [0.15, 0.2) is 0 Å². The molecule has 0 aliphatic carbocycles. The summed E-state index contributed by atoms with van der Waals surface area (Å²) in [7, 11) is 6.88. The Bertz CT molecular complexity index is 24.7. The van der Waals surface area contributed by atoms with Gasteiger partial charge in [0.1, 0.15) is 0 Å². The van der Waals surface area contributed by atoms with Crippen molar-refractivity contribution in [2.45, 2.75) is 26.1 Å². The van der Waals surface area contributed by atoms with Gasteiger partial charge in [-0.25, -0.2) is 0 Å². The Balaban J connectivity index is 2.75. The van der Waals surface area contributed by atoms with E-state index in [-0.39, 0.29) is 0 Å². The van der Waals surface area contributed by atoms with E-state index in [1.165, 1.54) is 0 Å². The third-order valence-corrected chi connectivity index (χ3v) is 0.972. The quantitative estimate of drug-likeness (QED) is 0.433. The van der Waals surface area contributed by atoms with E-state index < -0.39 is 0 Å². The van der Waals surface area contributed by atoms with Crippen LogP contribution in [0.4, 0.5) is 0 Å². The zero-order valence-corrected chi connectivity index (χ0v) is 4.44. The molecule has 0 nitrogen and oxygen atoms in total. The second kappa shape index (κ2) is 3.32. The van der Waals surface area contributed by atoms with Crippen LogP contribution in [0.5, 0.6) is 0 Å². The molecule has 0 aliphatic rings. The molecule has 2 heteroatoms. The van der Waals surface area contributed by atoms with Gasteiger partial charge in [-0.05, 0) is 0 Å². The van der Waals surface area contributed by atoms with Crippen LogP contribution in [-0.4, -0.2) is 14.9 Å². The molecule has 0 spiro atoms. The van der Waals surface area contributed by atoms with Crippen molar-refractivity contribution in [1.82, 2.24) is 0 Å². The summed E-state index contributed by atoms with van der Waals surface area (Å²) in [6.07, 6.45) is 1.15. The summed E-state index contributed by atoms with van der Waals surface area (Å²) in [5.41, 5.74) is 0. The van der Waals surface area contributed by atoms with Gasteiger partial charge in [0.25, 0.3) is 0 Å². The lowest BCUT2D eigenvalue weighted by molar-refractivity contribution is 0.877. The Morgan fingerprint density at radius 2 is 2.33 bits per heavy atom. The van der Waals surface area contributed by atoms with Crippen molar-refractivity contribution in [3.8, 4) is 0 Å². The molecule has 1 atom stereocenters. The third kappa shape index (κ3) is 2.37. The average Bonchev–Trinajstić information content (AvgIpc) is 1.65. The van der Waals surface area contributed by atoms with Gasteiger partial charge in [-0.15, -0.1) is 0 Å². The van der Waals surface area contributed by atoms with Crippen LogP contribution in [-0.2, 0) is 0 Å². The van der Waals surface area contributed by atoms with E-state index in [1.807, 2.05) is 0 Å². The lowest BCUT2D eigenvalue weighted by Crippen LogP contribution is -1.95. The maximum absolute atomic E-state index is 5.16. The van der Waals surface area contributed by atoms with Gasteiger partial charge in [0.2, 0.25) is 0 Å². The lowest BCUT2D eigenvalue weighted by Gasteiger charge is -1.98. The van der Waals surface area contributed by atoms with Gasteiger partial charge in [-0.3, -0.25) is 0 Å². The predicted molar refractivity (Wildman–Crippen MR) is 31.2 cm³/mol. The molecule has 31 valence electrons. The Morgan fingerprint density at radius 1 is 1.83 bits per heavy atom. The zero-order chi connectivity index (χ0) is 4.99. The summed E-state index contributed by atoms with van der Waals surface area (Å²) in [6.45, 7) is 4.22. The Kier molecular flexibility index (Phi) is 3.40. The van der Waals surface area contributed by atoms with Gasteiger partial charge in [0, 0.05) is 7.74 Å². The number of rotatable bonds is 2. The SMILES string of the molecule is [B][B][C@@H](C)CC. The monoisotopic (exact) mass is 79.1 g/mol. The van der Waals surface area contributed by atoms with E-state index in [9.17, 15) is 0 Å². The van der Waals surface area contributed by atoms with Crippen molar-refractivity contribution in [1.29, 1.82) is 0 Å². The molecule has 0 saturated heterocycles. The van der Waals surface area contributed by atoms with Crippen LogP contribution in [0, 0.1) is 0 Å². The normalized spacial score (nSPS) is 13.7. The van der Waals surface area contributed by atoms with Crippen LogP contribution in [0.1, 0.15) is 20.3 Å². The zero-order valence-electron chi connectivity index (χ0n) is 4.44. The van der Waals surface area contributed by atoms with Crippen LogP contribution in [0.3, 0.4) is 0 Å². The van der Waals surface area contributed by atoms with Crippen molar-refractivity contribution in [2.24, 2.45) is 0 Å². The van der Waals surface area contributed by atoms with Crippen LogP contribution in [0.2, 0.25) is 5.82 Å². The minimum atomic E-state index is 0.588. The Morgan fingerprint density at radius 3 is 2.33 bits per heavy atom. The molecule has 0 aliphatic heterocycles. The molecule has 3 radical (unpaired) electrons. The van der Waals surface area contributed by atoms with Gasteiger partial charge >= 0.3 is 0 Å². The molecular formula is C4H9B2. The Labute approximate surface area is 42.0 Å². The summed E-state index contributed by atoms with van der Waals surface area (Å²) in [5.74, 6) is 0.588. The van der Waals surface area contributed by atoms with Gasteiger partial charge in [0.15, 0.2) is 0 Å². The molecule has 0 fully saturated rings. The molecule has 0 aromatic rings. The molecule has 0 aromatic heterocycles. The van der Waals surface area contributed by atoms with Crippen molar-refractivity contribution in [2.75, 3.05) is 0 Å². The minimum Gasteiger partial charge on any atom is -0.0812 e. The topological polar surface area (TPSA) is 0 Å². The highest BCUT2D eigenvalue weighted by atomic mass is 13.8. The third-order valence-electron chi connectivity index (χ3n) is 0.972. The van der Waals surface area contributed by atoms with Gasteiger partial charge < -0.3 is 0 Å². The van der Waals surface area contributed by atoms with E-state index in [1.54, 1.807) is 7.17 Å². The summed E-state index contributed by atoms with van der Waals surface area (Å²) < 4.78 is 0. The first kappa shape index (κ1) is 6.13. The predicted octanol–water partition coefficient (Wildman–Crippen LogP) is 0.992. The van der Waals surface area contributed by atoms with Crippen molar-refractivity contribution in [3.05, 3.63) is 0 Å². The maximum Gasteiger partial charge on any atom is 0.0583 e. The molecule has 0 N–H and O–H groups in total. The molecular weight excluding hydrogens is 69.7 g/mol. The van der Waals surface area contributed by atoms with Gasteiger partial charge in [-0.1, -0.05) is 26.1 Å². The van der Waals surface area contributed by atoms with E-state index >= 15 is 0 Å². The largest absolute Gasteiger partial charge is 0.0812 e. The van der Waals surface area contributed by atoms with Crippen LogP contribution in [0.25, 0.3) is 0 Å². The maximum atomic E-state index is 5.16. The van der Waals surface area contributed by atoms with E-state index in [4.69, 9.17) is 7.74 Å². The molecule has 0 saturated carbocycles.